The number of aromatic amines is 1. The predicted molar refractivity (Wildman–Crippen MR) is 131 cm³/mol. The first-order chi connectivity index (χ1) is 15.6. The van der Waals surface area contributed by atoms with Crippen LogP contribution in [-0.2, 0) is 20.7 Å². The molecule has 0 bridgehead atoms. The molecule has 1 unspecified atom stereocenters. The highest BCUT2D eigenvalue weighted by Crippen LogP contribution is 2.19. The first-order valence-electron chi connectivity index (χ1n) is 10.5. The van der Waals surface area contributed by atoms with Crippen LogP contribution in [0.1, 0.15) is 26.3 Å². The molecule has 0 spiro atoms. The third-order valence-corrected chi connectivity index (χ3v) is 5.18. The van der Waals surface area contributed by atoms with E-state index >= 15 is 0 Å². The Bertz CT molecular complexity index is 1140. The number of nitrogens with one attached hydrogen (secondary N) is 4. The Morgan fingerprint density at radius 1 is 1.06 bits per heavy atom. The molecule has 9 heteroatoms. The van der Waals surface area contributed by atoms with Crippen LogP contribution in [0.3, 0.4) is 0 Å². The Morgan fingerprint density at radius 2 is 1.76 bits per heavy atom. The van der Waals surface area contributed by atoms with Gasteiger partial charge in [-0.25, -0.2) is 4.79 Å². The maximum Gasteiger partial charge on any atom is 0.325 e. The number of hydrogen-bond acceptors (Lipinski definition) is 4. The fourth-order valence-electron chi connectivity index (χ4n) is 3.25. The highest BCUT2D eigenvalue weighted by atomic mass is 79.9. The van der Waals surface area contributed by atoms with Crippen LogP contribution in [0.5, 0.6) is 0 Å². The molecule has 8 nitrogen and oxygen atoms in total. The second-order valence-corrected chi connectivity index (χ2v) is 9.44. The second-order valence-electron chi connectivity index (χ2n) is 8.53. The highest BCUT2D eigenvalue weighted by Gasteiger charge is 2.24. The third kappa shape index (κ3) is 7.35. The summed E-state index contributed by atoms with van der Waals surface area (Å²) in [5.74, 6) is -1.04. The second kappa shape index (κ2) is 10.5. The van der Waals surface area contributed by atoms with Crippen LogP contribution in [0.2, 0.25) is 0 Å². The number of ether oxygens (including phenoxy) is 1. The summed E-state index contributed by atoms with van der Waals surface area (Å²) in [5, 5.41) is 8.96. The van der Waals surface area contributed by atoms with Gasteiger partial charge in [0, 0.05) is 33.7 Å². The number of fused-ring (bicyclic) bond motifs is 1. The summed E-state index contributed by atoms with van der Waals surface area (Å²) < 4.78 is 6.12. The molecule has 3 aromatic rings. The van der Waals surface area contributed by atoms with Crippen molar-refractivity contribution < 1.29 is 19.1 Å². The van der Waals surface area contributed by atoms with Gasteiger partial charge in [-0.05, 0) is 56.7 Å². The maximum absolute atomic E-state index is 12.9. The maximum atomic E-state index is 12.9. The molecule has 4 N–H and O–H groups in total. The average Bonchev–Trinajstić information content (AvgIpc) is 3.15. The molecular weight excluding hydrogens is 488 g/mol. The number of urea groups is 1. The Labute approximate surface area is 200 Å². The van der Waals surface area contributed by atoms with Crippen molar-refractivity contribution in [2.45, 2.75) is 38.8 Å². The Morgan fingerprint density at radius 3 is 2.45 bits per heavy atom. The zero-order valence-electron chi connectivity index (χ0n) is 18.7. The Balaban J connectivity index is 1.72. The van der Waals surface area contributed by atoms with Gasteiger partial charge in [-0.3, -0.25) is 9.59 Å². The van der Waals surface area contributed by atoms with Crippen LogP contribution in [0.4, 0.5) is 10.5 Å². The van der Waals surface area contributed by atoms with E-state index < -0.39 is 29.6 Å². The van der Waals surface area contributed by atoms with E-state index in [2.05, 4.69) is 36.9 Å². The lowest BCUT2D eigenvalue weighted by Gasteiger charge is -2.21. The molecule has 2 aromatic carbocycles. The minimum Gasteiger partial charge on any atom is -0.459 e. The van der Waals surface area contributed by atoms with Crippen LogP contribution in [0, 0.1) is 0 Å². The molecule has 0 radical (unpaired) electrons. The van der Waals surface area contributed by atoms with Crippen molar-refractivity contribution in [1.29, 1.82) is 0 Å². The molecule has 174 valence electrons. The van der Waals surface area contributed by atoms with Gasteiger partial charge in [0.15, 0.2) is 0 Å². The van der Waals surface area contributed by atoms with E-state index in [1.807, 2.05) is 30.5 Å². The van der Waals surface area contributed by atoms with E-state index in [0.29, 0.717) is 5.69 Å². The zero-order valence-corrected chi connectivity index (χ0v) is 20.3. The molecule has 33 heavy (non-hydrogen) atoms. The highest BCUT2D eigenvalue weighted by molar-refractivity contribution is 9.10. The molecule has 3 amide bonds. The van der Waals surface area contributed by atoms with Crippen LogP contribution < -0.4 is 16.0 Å². The van der Waals surface area contributed by atoms with Gasteiger partial charge >= 0.3 is 12.0 Å². The normalized spacial score (nSPS) is 12.1. The lowest BCUT2D eigenvalue weighted by Crippen LogP contribution is -2.50. The molecule has 1 aromatic heterocycles. The number of carbonyl (C=O) groups excluding carboxylic acids is 3. The van der Waals surface area contributed by atoms with E-state index in [0.717, 1.165) is 20.9 Å². The van der Waals surface area contributed by atoms with Crippen LogP contribution in [-0.4, -0.2) is 41.1 Å². The van der Waals surface area contributed by atoms with Gasteiger partial charge in [0.2, 0.25) is 5.91 Å². The number of para-hydroxylation sites is 1. The zero-order chi connectivity index (χ0) is 24.0. The number of amides is 3. The van der Waals surface area contributed by atoms with Crippen LogP contribution in [0.25, 0.3) is 10.9 Å². The van der Waals surface area contributed by atoms with E-state index in [-0.39, 0.29) is 13.0 Å². The minimum absolute atomic E-state index is 0.234. The van der Waals surface area contributed by atoms with Crippen LogP contribution in [0.15, 0.2) is 59.2 Å². The third-order valence-electron chi connectivity index (χ3n) is 4.65. The number of esters is 1. The first-order valence-corrected chi connectivity index (χ1v) is 11.3. The Hall–Kier alpha value is -3.33. The molecule has 0 fully saturated rings. The van der Waals surface area contributed by atoms with Crippen molar-refractivity contribution in [2.75, 3.05) is 11.9 Å². The van der Waals surface area contributed by atoms with Crippen LogP contribution >= 0.6 is 15.9 Å². The summed E-state index contributed by atoms with van der Waals surface area (Å²) in [7, 11) is 0. The van der Waals surface area contributed by atoms with Gasteiger partial charge < -0.3 is 25.7 Å². The number of H-pyrrole nitrogens is 1. The number of anilines is 1. The van der Waals surface area contributed by atoms with Gasteiger partial charge in [0.1, 0.15) is 18.2 Å². The lowest BCUT2D eigenvalue weighted by atomic mass is 10.0. The van der Waals surface area contributed by atoms with Gasteiger partial charge in [-0.15, -0.1) is 0 Å². The first kappa shape index (κ1) is 24.3. The molecule has 1 atom stereocenters. The van der Waals surface area contributed by atoms with Crippen molar-refractivity contribution in [1.82, 2.24) is 15.6 Å². The fourth-order valence-corrected chi connectivity index (χ4v) is 3.51. The van der Waals surface area contributed by atoms with Gasteiger partial charge in [0.05, 0.1) is 0 Å². The molecule has 1 heterocycles. The Kier molecular flexibility index (Phi) is 7.75. The minimum atomic E-state index is -0.915. The lowest BCUT2D eigenvalue weighted by molar-refractivity contribution is -0.154. The summed E-state index contributed by atoms with van der Waals surface area (Å²) in [6, 6.07) is 13.3. The smallest absolute Gasteiger partial charge is 0.325 e. The summed E-state index contributed by atoms with van der Waals surface area (Å²) in [6.07, 6.45) is 2.05. The summed E-state index contributed by atoms with van der Waals surface area (Å²) in [5.41, 5.74) is 1.72. The van der Waals surface area contributed by atoms with E-state index in [1.165, 1.54) is 0 Å². The van der Waals surface area contributed by atoms with Gasteiger partial charge in [0.25, 0.3) is 0 Å². The summed E-state index contributed by atoms with van der Waals surface area (Å²) in [6.45, 7) is 4.96. The number of rotatable bonds is 7. The topological polar surface area (TPSA) is 112 Å². The van der Waals surface area contributed by atoms with Gasteiger partial charge in [-0.2, -0.15) is 0 Å². The summed E-state index contributed by atoms with van der Waals surface area (Å²) >= 11 is 3.35. The molecule has 3 rings (SSSR count). The number of halogens is 1. The number of carbonyl (C=O) groups is 3. The molecule has 0 aliphatic heterocycles. The fraction of sp³-hybridized carbons (Fsp3) is 0.292. The van der Waals surface area contributed by atoms with Crippen molar-refractivity contribution in [2.24, 2.45) is 0 Å². The van der Waals surface area contributed by atoms with Gasteiger partial charge in [-0.1, -0.05) is 34.1 Å². The molecular formula is C24H27BrN4O4. The predicted octanol–water partition coefficient (Wildman–Crippen LogP) is 4.12. The molecule has 0 saturated heterocycles. The van der Waals surface area contributed by atoms with E-state index in [1.54, 1.807) is 45.0 Å². The number of hydrogen-bond donors (Lipinski definition) is 4. The number of benzene rings is 2. The number of aromatic nitrogens is 1. The van der Waals surface area contributed by atoms with Crippen molar-refractivity contribution >= 4 is 50.4 Å². The monoisotopic (exact) mass is 514 g/mol. The largest absolute Gasteiger partial charge is 0.459 e. The molecule has 0 aliphatic carbocycles. The molecule has 0 saturated carbocycles. The summed E-state index contributed by atoms with van der Waals surface area (Å²) in [4.78, 5) is 40.7. The quantitative estimate of drug-likeness (QED) is 0.355. The van der Waals surface area contributed by atoms with Crippen molar-refractivity contribution in [3.63, 3.8) is 0 Å². The standard InChI is InChI=1S/C24H27BrN4O4/c1-24(2,3)33-21(30)14-27-22(31)20(12-15-13-26-19-7-5-4-6-18(15)19)29-23(32)28-17-10-8-16(25)9-11-17/h4-11,13,20,26H,12,14H2,1-3H3,(H,27,31)(H2,28,29,32). The van der Waals surface area contributed by atoms with Crippen molar-refractivity contribution in [3.8, 4) is 0 Å². The molecule has 0 aliphatic rings. The van der Waals surface area contributed by atoms with E-state index in [9.17, 15) is 14.4 Å². The average molecular weight is 515 g/mol. The van der Waals surface area contributed by atoms with E-state index in [4.69, 9.17) is 4.74 Å². The van der Waals surface area contributed by atoms with Crippen molar-refractivity contribution in [3.05, 3.63) is 64.8 Å². The SMILES string of the molecule is CC(C)(C)OC(=O)CNC(=O)C(Cc1c[nH]c2ccccc12)NC(=O)Nc1ccc(Br)cc1.